The van der Waals surface area contributed by atoms with Crippen LogP contribution >= 0.6 is 0 Å². The molecule has 78 valence electrons. The molecule has 0 saturated heterocycles. The van der Waals surface area contributed by atoms with Gasteiger partial charge in [0.2, 0.25) is 0 Å². The van der Waals surface area contributed by atoms with Crippen LogP contribution in [0, 0.1) is 0 Å². The lowest BCUT2D eigenvalue weighted by Gasteiger charge is -2.19. The summed E-state index contributed by atoms with van der Waals surface area (Å²) in [6.07, 6.45) is 4.68. The molecule has 0 bridgehead atoms. The van der Waals surface area contributed by atoms with E-state index in [0.29, 0.717) is 6.54 Å². The molecule has 0 atom stereocenters. The number of rotatable bonds is 6. The smallest absolute Gasteiger partial charge is 0.142 e. The molecule has 0 unspecified atom stereocenters. The molecule has 0 spiro atoms. The summed E-state index contributed by atoms with van der Waals surface area (Å²) in [5, 5.41) is 0. The summed E-state index contributed by atoms with van der Waals surface area (Å²) in [5.74, 6) is 0.870. The molecule has 1 rings (SSSR count). The lowest BCUT2D eigenvalue weighted by atomic mass is 10.3. The summed E-state index contributed by atoms with van der Waals surface area (Å²) in [6.45, 7) is 5.61. The average Bonchev–Trinajstić information content (AvgIpc) is 2.20. The van der Waals surface area contributed by atoms with Gasteiger partial charge in [0.15, 0.2) is 0 Å². The molecule has 0 amide bonds. The molecule has 1 aromatic rings. The van der Waals surface area contributed by atoms with E-state index in [2.05, 4.69) is 21.8 Å². The molecule has 0 radical (unpaired) electrons. The van der Waals surface area contributed by atoms with Gasteiger partial charge < -0.3 is 5.73 Å². The standard InChI is InChI=1S/C10H18N4/c1-2-7-14(8-4-11)9-10-12-5-3-6-13-10/h3,5-6H,2,4,7-9,11H2,1H3. The van der Waals surface area contributed by atoms with Gasteiger partial charge in [0.25, 0.3) is 0 Å². The van der Waals surface area contributed by atoms with E-state index < -0.39 is 0 Å². The van der Waals surface area contributed by atoms with Crippen molar-refractivity contribution in [1.82, 2.24) is 14.9 Å². The predicted molar refractivity (Wildman–Crippen MR) is 56.7 cm³/mol. The summed E-state index contributed by atoms with van der Waals surface area (Å²) >= 11 is 0. The number of nitrogens with two attached hydrogens (primary N) is 1. The van der Waals surface area contributed by atoms with Crippen molar-refractivity contribution in [3.63, 3.8) is 0 Å². The van der Waals surface area contributed by atoms with Gasteiger partial charge in [-0.3, -0.25) is 4.90 Å². The Morgan fingerprint density at radius 2 is 2.00 bits per heavy atom. The highest BCUT2D eigenvalue weighted by Gasteiger charge is 2.04. The zero-order valence-electron chi connectivity index (χ0n) is 8.69. The van der Waals surface area contributed by atoms with Crippen molar-refractivity contribution in [2.45, 2.75) is 19.9 Å². The van der Waals surface area contributed by atoms with Crippen LogP contribution in [-0.4, -0.2) is 34.5 Å². The van der Waals surface area contributed by atoms with E-state index in [1.165, 1.54) is 0 Å². The summed E-state index contributed by atoms with van der Waals surface area (Å²) in [7, 11) is 0. The Balaban J connectivity index is 2.46. The second-order valence-electron chi connectivity index (χ2n) is 3.23. The molecule has 1 heterocycles. The third kappa shape index (κ3) is 3.81. The highest BCUT2D eigenvalue weighted by Crippen LogP contribution is 1.98. The van der Waals surface area contributed by atoms with Crippen LogP contribution in [0.3, 0.4) is 0 Å². The first-order valence-corrected chi connectivity index (χ1v) is 5.05. The molecule has 0 fully saturated rings. The van der Waals surface area contributed by atoms with Gasteiger partial charge in [0, 0.05) is 25.5 Å². The normalized spacial score (nSPS) is 10.8. The first-order valence-electron chi connectivity index (χ1n) is 5.05. The Kier molecular flexibility index (Phi) is 5.11. The molecule has 1 aromatic heterocycles. The van der Waals surface area contributed by atoms with Gasteiger partial charge >= 0.3 is 0 Å². The first kappa shape index (κ1) is 11.1. The molecule has 14 heavy (non-hydrogen) atoms. The minimum Gasteiger partial charge on any atom is -0.329 e. The summed E-state index contributed by atoms with van der Waals surface area (Å²) in [5.41, 5.74) is 5.53. The Morgan fingerprint density at radius 3 is 2.57 bits per heavy atom. The molecular weight excluding hydrogens is 176 g/mol. The second-order valence-corrected chi connectivity index (χ2v) is 3.23. The number of aromatic nitrogens is 2. The SMILES string of the molecule is CCCN(CCN)Cc1ncccn1. The fraction of sp³-hybridized carbons (Fsp3) is 0.600. The van der Waals surface area contributed by atoms with Crippen molar-refractivity contribution in [2.75, 3.05) is 19.6 Å². The second kappa shape index (κ2) is 6.45. The largest absolute Gasteiger partial charge is 0.329 e. The topological polar surface area (TPSA) is 55.0 Å². The minimum atomic E-state index is 0.687. The predicted octanol–water partition coefficient (Wildman–Crippen LogP) is 0.647. The summed E-state index contributed by atoms with van der Waals surface area (Å²) in [4.78, 5) is 10.7. The minimum absolute atomic E-state index is 0.687. The Hall–Kier alpha value is -1.00. The monoisotopic (exact) mass is 194 g/mol. The van der Waals surface area contributed by atoms with E-state index in [1.807, 2.05) is 6.07 Å². The van der Waals surface area contributed by atoms with Gasteiger partial charge in [0.1, 0.15) is 5.82 Å². The zero-order chi connectivity index (χ0) is 10.2. The van der Waals surface area contributed by atoms with Crippen LogP contribution in [0.2, 0.25) is 0 Å². The van der Waals surface area contributed by atoms with Crippen LogP contribution in [0.5, 0.6) is 0 Å². The zero-order valence-corrected chi connectivity index (χ0v) is 8.69. The maximum Gasteiger partial charge on any atom is 0.142 e. The van der Waals surface area contributed by atoms with Crippen molar-refractivity contribution in [3.05, 3.63) is 24.3 Å². The van der Waals surface area contributed by atoms with E-state index in [1.54, 1.807) is 12.4 Å². The molecular formula is C10H18N4. The number of hydrogen-bond donors (Lipinski definition) is 1. The molecule has 2 N–H and O–H groups in total. The van der Waals surface area contributed by atoms with Gasteiger partial charge in [-0.25, -0.2) is 9.97 Å². The van der Waals surface area contributed by atoms with Gasteiger partial charge in [-0.1, -0.05) is 6.92 Å². The summed E-state index contributed by atoms with van der Waals surface area (Å²) < 4.78 is 0. The van der Waals surface area contributed by atoms with Crippen LogP contribution in [0.1, 0.15) is 19.2 Å². The quantitative estimate of drug-likeness (QED) is 0.722. The maximum atomic E-state index is 5.53. The van der Waals surface area contributed by atoms with Crippen LogP contribution in [-0.2, 0) is 6.54 Å². The van der Waals surface area contributed by atoms with Crippen molar-refractivity contribution in [3.8, 4) is 0 Å². The van der Waals surface area contributed by atoms with Gasteiger partial charge in [-0.05, 0) is 19.0 Å². The fourth-order valence-corrected chi connectivity index (χ4v) is 1.38. The van der Waals surface area contributed by atoms with Crippen LogP contribution in [0.15, 0.2) is 18.5 Å². The summed E-state index contributed by atoms with van der Waals surface area (Å²) in [6, 6.07) is 1.83. The Labute approximate surface area is 85.2 Å². The maximum absolute atomic E-state index is 5.53. The van der Waals surface area contributed by atoms with Crippen molar-refractivity contribution in [2.24, 2.45) is 5.73 Å². The van der Waals surface area contributed by atoms with Crippen molar-refractivity contribution >= 4 is 0 Å². The fourth-order valence-electron chi connectivity index (χ4n) is 1.38. The Bertz CT molecular complexity index is 231. The van der Waals surface area contributed by atoms with Crippen LogP contribution in [0.4, 0.5) is 0 Å². The Morgan fingerprint density at radius 1 is 1.29 bits per heavy atom. The highest BCUT2D eigenvalue weighted by atomic mass is 15.1. The highest BCUT2D eigenvalue weighted by molar-refractivity contribution is 4.88. The third-order valence-electron chi connectivity index (χ3n) is 1.97. The molecule has 0 aliphatic rings. The van der Waals surface area contributed by atoms with Crippen LogP contribution < -0.4 is 5.73 Å². The van der Waals surface area contributed by atoms with Crippen LogP contribution in [0.25, 0.3) is 0 Å². The molecule has 0 aliphatic heterocycles. The van der Waals surface area contributed by atoms with Gasteiger partial charge in [0.05, 0.1) is 6.54 Å². The lowest BCUT2D eigenvalue weighted by Crippen LogP contribution is -2.30. The average molecular weight is 194 g/mol. The number of hydrogen-bond acceptors (Lipinski definition) is 4. The van der Waals surface area contributed by atoms with Crippen molar-refractivity contribution < 1.29 is 0 Å². The van der Waals surface area contributed by atoms with E-state index in [0.717, 1.165) is 31.9 Å². The molecule has 0 aliphatic carbocycles. The van der Waals surface area contributed by atoms with E-state index >= 15 is 0 Å². The molecule has 0 aromatic carbocycles. The van der Waals surface area contributed by atoms with Crippen molar-refractivity contribution in [1.29, 1.82) is 0 Å². The molecule has 0 saturated carbocycles. The van der Waals surface area contributed by atoms with E-state index in [-0.39, 0.29) is 0 Å². The van der Waals surface area contributed by atoms with E-state index in [9.17, 15) is 0 Å². The third-order valence-corrected chi connectivity index (χ3v) is 1.97. The number of nitrogens with zero attached hydrogens (tertiary/aromatic N) is 3. The molecule has 4 nitrogen and oxygen atoms in total. The van der Waals surface area contributed by atoms with Gasteiger partial charge in [-0.2, -0.15) is 0 Å². The first-order chi connectivity index (χ1) is 6.86. The van der Waals surface area contributed by atoms with E-state index in [4.69, 9.17) is 5.73 Å². The van der Waals surface area contributed by atoms with Gasteiger partial charge in [-0.15, -0.1) is 0 Å². The molecule has 4 heteroatoms. The lowest BCUT2D eigenvalue weighted by molar-refractivity contribution is 0.267.